The summed E-state index contributed by atoms with van der Waals surface area (Å²) in [7, 11) is 0. The quantitative estimate of drug-likeness (QED) is 0.911. The Morgan fingerprint density at radius 1 is 1.10 bits per heavy atom. The summed E-state index contributed by atoms with van der Waals surface area (Å²) >= 11 is 11.8. The first-order valence-corrected chi connectivity index (χ1v) is 6.39. The summed E-state index contributed by atoms with van der Waals surface area (Å²) in [5.74, 6) is -0.788. The second-order valence-electron chi connectivity index (χ2n) is 3.80. The highest BCUT2D eigenvalue weighted by Gasteiger charge is 2.12. The summed E-state index contributed by atoms with van der Waals surface area (Å²) in [5, 5.41) is 5.59. The van der Waals surface area contributed by atoms with E-state index in [1.165, 1.54) is 12.3 Å². The number of halogens is 2. The molecule has 0 aliphatic heterocycles. The minimum Gasteiger partial charge on any atom is -0.459 e. The first-order chi connectivity index (χ1) is 9.58. The van der Waals surface area contributed by atoms with E-state index in [1.54, 1.807) is 24.3 Å². The molecule has 0 aliphatic rings. The second-order valence-corrected chi connectivity index (χ2v) is 4.62. The lowest BCUT2D eigenvalue weighted by molar-refractivity contribution is -0.115. The lowest BCUT2D eigenvalue weighted by Gasteiger charge is -2.09. The molecule has 5 nitrogen and oxygen atoms in total. The molecule has 1 aromatic carbocycles. The van der Waals surface area contributed by atoms with Crippen LogP contribution in [0.5, 0.6) is 0 Å². The van der Waals surface area contributed by atoms with Crippen LogP contribution in [-0.4, -0.2) is 18.4 Å². The molecule has 1 heterocycles. The molecule has 0 radical (unpaired) electrons. The molecular weight excluding hydrogens is 303 g/mol. The molecular formula is C13H10Cl2N2O3. The molecule has 0 atom stereocenters. The Hall–Kier alpha value is -1.98. The first-order valence-electron chi connectivity index (χ1n) is 5.63. The molecule has 7 heteroatoms. The van der Waals surface area contributed by atoms with Crippen molar-refractivity contribution in [2.24, 2.45) is 0 Å². The standard InChI is InChI=1S/C13H10Cl2N2O3/c14-8-3-1-4-9(15)12(8)17-11(18)7-16-13(19)10-5-2-6-20-10/h1-6H,7H2,(H,16,19)(H,17,18). The molecule has 1 aromatic heterocycles. The minimum absolute atomic E-state index is 0.133. The third-order valence-corrected chi connectivity index (χ3v) is 3.01. The van der Waals surface area contributed by atoms with Crippen molar-refractivity contribution in [1.29, 1.82) is 0 Å². The maximum atomic E-state index is 11.7. The number of benzene rings is 1. The van der Waals surface area contributed by atoms with Gasteiger partial charge in [0.2, 0.25) is 5.91 Å². The Morgan fingerprint density at radius 3 is 2.40 bits per heavy atom. The molecule has 104 valence electrons. The number of furan rings is 1. The maximum absolute atomic E-state index is 11.7. The van der Waals surface area contributed by atoms with E-state index in [9.17, 15) is 9.59 Å². The van der Waals surface area contributed by atoms with Gasteiger partial charge in [0.25, 0.3) is 5.91 Å². The fourth-order valence-corrected chi connectivity index (χ4v) is 1.95. The number of carbonyl (C=O) groups is 2. The fraction of sp³-hybridized carbons (Fsp3) is 0.0769. The Kier molecular flexibility index (Phi) is 4.65. The number of anilines is 1. The lowest BCUT2D eigenvalue weighted by atomic mass is 10.3. The zero-order valence-electron chi connectivity index (χ0n) is 10.2. The molecule has 2 N–H and O–H groups in total. The molecule has 2 aromatic rings. The van der Waals surface area contributed by atoms with Crippen molar-refractivity contribution in [2.75, 3.05) is 11.9 Å². The number of nitrogens with one attached hydrogen (secondary N) is 2. The number of hydrogen-bond acceptors (Lipinski definition) is 3. The Labute approximate surface area is 124 Å². The minimum atomic E-state index is -0.476. The smallest absolute Gasteiger partial charge is 0.287 e. The van der Waals surface area contributed by atoms with E-state index in [-0.39, 0.29) is 12.3 Å². The summed E-state index contributed by atoms with van der Waals surface area (Å²) in [6.45, 7) is -0.221. The molecule has 0 fully saturated rings. The molecule has 2 rings (SSSR count). The highest BCUT2D eigenvalue weighted by Crippen LogP contribution is 2.29. The average molecular weight is 313 g/mol. The van der Waals surface area contributed by atoms with Crippen LogP contribution >= 0.6 is 23.2 Å². The zero-order valence-corrected chi connectivity index (χ0v) is 11.7. The van der Waals surface area contributed by atoms with Crippen LogP contribution in [0.4, 0.5) is 5.69 Å². The SMILES string of the molecule is O=C(CNC(=O)c1ccco1)Nc1c(Cl)cccc1Cl. The van der Waals surface area contributed by atoms with Gasteiger partial charge in [-0.1, -0.05) is 29.3 Å². The van der Waals surface area contributed by atoms with Gasteiger partial charge in [0, 0.05) is 0 Å². The third-order valence-electron chi connectivity index (χ3n) is 2.38. The predicted octanol–water partition coefficient (Wildman–Crippen LogP) is 2.95. The van der Waals surface area contributed by atoms with Crippen molar-refractivity contribution in [1.82, 2.24) is 5.32 Å². The van der Waals surface area contributed by atoms with Crippen LogP contribution < -0.4 is 10.6 Å². The van der Waals surface area contributed by atoms with E-state index < -0.39 is 11.8 Å². The van der Waals surface area contributed by atoms with E-state index >= 15 is 0 Å². The largest absolute Gasteiger partial charge is 0.459 e. The van der Waals surface area contributed by atoms with Crippen LogP contribution in [0.25, 0.3) is 0 Å². The lowest BCUT2D eigenvalue weighted by Crippen LogP contribution is -2.32. The van der Waals surface area contributed by atoms with E-state index in [2.05, 4.69) is 10.6 Å². The van der Waals surface area contributed by atoms with Gasteiger partial charge in [-0.25, -0.2) is 0 Å². The van der Waals surface area contributed by atoms with Crippen LogP contribution in [0.15, 0.2) is 41.0 Å². The van der Waals surface area contributed by atoms with Crippen LogP contribution in [0, 0.1) is 0 Å². The molecule has 20 heavy (non-hydrogen) atoms. The number of hydrogen-bond donors (Lipinski definition) is 2. The normalized spacial score (nSPS) is 10.1. The van der Waals surface area contributed by atoms with Gasteiger partial charge in [-0.2, -0.15) is 0 Å². The first kappa shape index (κ1) is 14.4. The van der Waals surface area contributed by atoms with Crippen molar-refractivity contribution in [3.05, 3.63) is 52.4 Å². The van der Waals surface area contributed by atoms with Gasteiger partial charge < -0.3 is 15.1 Å². The van der Waals surface area contributed by atoms with E-state index in [0.29, 0.717) is 15.7 Å². The van der Waals surface area contributed by atoms with Gasteiger partial charge in [-0.05, 0) is 24.3 Å². The Morgan fingerprint density at radius 2 is 1.80 bits per heavy atom. The van der Waals surface area contributed by atoms with Crippen LogP contribution in [-0.2, 0) is 4.79 Å². The predicted molar refractivity (Wildman–Crippen MR) is 76.1 cm³/mol. The Balaban J connectivity index is 1.92. The summed E-state index contributed by atoms with van der Waals surface area (Å²) in [4.78, 5) is 23.3. The van der Waals surface area contributed by atoms with Gasteiger partial charge in [0.15, 0.2) is 5.76 Å². The molecule has 0 bridgehead atoms. The number of carbonyl (C=O) groups excluding carboxylic acids is 2. The summed E-state index contributed by atoms with van der Waals surface area (Å²) in [6.07, 6.45) is 1.37. The van der Waals surface area contributed by atoms with Crippen molar-refractivity contribution in [3.63, 3.8) is 0 Å². The van der Waals surface area contributed by atoms with Crippen molar-refractivity contribution in [3.8, 4) is 0 Å². The van der Waals surface area contributed by atoms with Crippen LogP contribution in [0.3, 0.4) is 0 Å². The monoisotopic (exact) mass is 312 g/mol. The molecule has 0 saturated carbocycles. The van der Waals surface area contributed by atoms with E-state index in [1.807, 2.05) is 0 Å². The van der Waals surface area contributed by atoms with Gasteiger partial charge in [0.05, 0.1) is 28.5 Å². The van der Waals surface area contributed by atoms with Gasteiger partial charge in [-0.3, -0.25) is 9.59 Å². The van der Waals surface area contributed by atoms with Gasteiger partial charge >= 0.3 is 0 Å². The van der Waals surface area contributed by atoms with Crippen molar-refractivity contribution < 1.29 is 14.0 Å². The van der Waals surface area contributed by atoms with Crippen LogP contribution in [0.1, 0.15) is 10.6 Å². The molecule has 0 saturated heterocycles. The summed E-state index contributed by atoms with van der Waals surface area (Å²) in [5.41, 5.74) is 0.313. The number of rotatable bonds is 4. The Bertz CT molecular complexity index is 606. The topological polar surface area (TPSA) is 71.3 Å². The van der Waals surface area contributed by atoms with E-state index in [4.69, 9.17) is 27.6 Å². The second kappa shape index (κ2) is 6.45. The zero-order chi connectivity index (χ0) is 14.5. The van der Waals surface area contributed by atoms with Crippen LogP contribution in [0.2, 0.25) is 10.0 Å². The average Bonchev–Trinajstić information content (AvgIpc) is 2.94. The molecule has 0 unspecified atom stereocenters. The summed E-state index contributed by atoms with van der Waals surface area (Å²) in [6, 6.07) is 7.95. The number of para-hydroxylation sites is 1. The molecule has 2 amide bonds. The van der Waals surface area contributed by atoms with Crippen molar-refractivity contribution >= 4 is 40.7 Å². The number of amides is 2. The molecule has 0 aliphatic carbocycles. The third kappa shape index (κ3) is 3.53. The van der Waals surface area contributed by atoms with Gasteiger partial charge in [0.1, 0.15) is 0 Å². The van der Waals surface area contributed by atoms with Crippen molar-refractivity contribution in [2.45, 2.75) is 0 Å². The fourth-order valence-electron chi connectivity index (χ4n) is 1.46. The summed E-state index contributed by atoms with van der Waals surface area (Å²) < 4.78 is 4.90. The van der Waals surface area contributed by atoms with E-state index in [0.717, 1.165) is 0 Å². The molecule has 0 spiro atoms. The highest BCUT2D eigenvalue weighted by atomic mass is 35.5. The van der Waals surface area contributed by atoms with Gasteiger partial charge in [-0.15, -0.1) is 0 Å². The maximum Gasteiger partial charge on any atom is 0.287 e. The highest BCUT2D eigenvalue weighted by molar-refractivity contribution is 6.39.